The zero-order valence-corrected chi connectivity index (χ0v) is 47.0. The minimum Gasteiger partial charge on any atom is -0.462 e. The van der Waals surface area contributed by atoms with Crippen molar-refractivity contribution in [3.05, 3.63) is 72.9 Å². The fourth-order valence-corrected chi connectivity index (χ4v) is 8.64. The summed E-state index contributed by atoms with van der Waals surface area (Å²) in [5, 5.41) is 0. The van der Waals surface area contributed by atoms with E-state index < -0.39 is 6.10 Å². The van der Waals surface area contributed by atoms with E-state index >= 15 is 0 Å². The van der Waals surface area contributed by atoms with Crippen LogP contribution in [0.3, 0.4) is 0 Å². The van der Waals surface area contributed by atoms with Crippen molar-refractivity contribution in [3.63, 3.8) is 0 Å². The summed E-state index contributed by atoms with van der Waals surface area (Å²) in [4.78, 5) is 38.0. The van der Waals surface area contributed by atoms with Crippen molar-refractivity contribution >= 4 is 17.9 Å². The summed E-state index contributed by atoms with van der Waals surface area (Å²) < 4.78 is 16.8. The molecule has 0 saturated heterocycles. The molecule has 0 spiro atoms. The van der Waals surface area contributed by atoms with Gasteiger partial charge in [0.15, 0.2) is 6.10 Å². The third-order valence-electron chi connectivity index (χ3n) is 13.2. The Morgan fingerprint density at radius 3 is 0.873 bits per heavy atom. The maximum Gasteiger partial charge on any atom is 0.306 e. The molecule has 1 unspecified atom stereocenters. The van der Waals surface area contributed by atoms with E-state index in [0.29, 0.717) is 19.3 Å². The smallest absolute Gasteiger partial charge is 0.306 e. The summed E-state index contributed by atoms with van der Waals surface area (Å²) in [5.41, 5.74) is 0. The fraction of sp³-hybridized carbons (Fsp3) is 0.769. The Kier molecular flexibility index (Phi) is 56.8. The molecule has 6 heteroatoms. The predicted molar refractivity (Wildman–Crippen MR) is 307 cm³/mol. The Labute approximate surface area is 440 Å². The van der Waals surface area contributed by atoms with Crippen molar-refractivity contribution in [2.75, 3.05) is 13.2 Å². The molecule has 0 N–H and O–H groups in total. The molecule has 0 aliphatic heterocycles. The van der Waals surface area contributed by atoms with Gasteiger partial charge < -0.3 is 14.2 Å². The predicted octanol–water partition coefficient (Wildman–Crippen LogP) is 20.5. The topological polar surface area (TPSA) is 78.9 Å². The van der Waals surface area contributed by atoms with Crippen LogP contribution < -0.4 is 0 Å². The first-order valence-electron chi connectivity index (χ1n) is 30.4. The number of allylic oxidation sites excluding steroid dienone is 12. The molecule has 0 aromatic carbocycles. The standard InChI is InChI=1S/C65H114O6/c1-4-7-10-13-16-19-21-23-24-25-26-27-28-29-30-31-32-33-34-35-36-37-38-39-40-42-43-46-49-52-55-58-64(67)70-61-62(60-69-63(66)57-54-51-48-45-18-15-12-9-6-3)71-65(68)59-56-53-50-47-44-41-22-20-17-14-11-8-5-2/h8,11,17,20-21,23,25-26,28-29,41,44,62H,4-7,9-10,12-16,18-19,22,24,27,30-40,42-43,45-61H2,1-3H3/b11-8-,20-17-,23-21-,26-25-,29-28-,44-41-. The van der Waals surface area contributed by atoms with E-state index in [-0.39, 0.29) is 31.1 Å². The zero-order valence-electron chi connectivity index (χ0n) is 47.0. The van der Waals surface area contributed by atoms with E-state index in [2.05, 4.69) is 93.7 Å². The number of carbonyl (C=O) groups excluding carboxylic acids is 3. The Hall–Kier alpha value is -3.15. The van der Waals surface area contributed by atoms with Crippen LogP contribution in [0.1, 0.15) is 303 Å². The van der Waals surface area contributed by atoms with Crippen LogP contribution in [0.2, 0.25) is 0 Å². The Morgan fingerprint density at radius 1 is 0.296 bits per heavy atom. The van der Waals surface area contributed by atoms with Crippen molar-refractivity contribution in [1.29, 1.82) is 0 Å². The molecule has 0 amide bonds. The van der Waals surface area contributed by atoms with E-state index in [9.17, 15) is 14.4 Å². The molecule has 410 valence electrons. The summed E-state index contributed by atoms with van der Waals surface area (Å²) in [7, 11) is 0. The van der Waals surface area contributed by atoms with Gasteiger partial charge in [0.25, 0.3) is 0 Å². The highest BCUT2D eigenvalue weighted by molar-refractivity contribution is 5.71. The quantitative estimate of drug-likeness (QED) is 0.0261. The number of hydrogen-bond donors (Lipinski definition) is 0. The molecule has 0 heterocycles. The van der Waals surface area contributed by atoms with Gasteiger partial charge in [-0.3, -0.25) is 14.4 Å². The zero-order chi connectivity index (χ0) is 51.4. The second-order valence-electron chi connectivity index (χ2n) is 20.2. The Bertz CT molecular complexity index is 1320. The molecule has 1 atom stereocenters. The van der Waals surface area contributed by atoms with E-state index in [1.54, 1.807) is 0 Å². The second-order valence-corrected chi connectivity index (χ2v) is 20.2. The molecule has 0 bridgehead atoms. The van der Waals surface area contributed by atoms with Gasteiger partial charge >= 0.3 is 17.9 Å². The van der Waals surface area contributed by atoms with Gasteiger partial charge in [0.05, 0.1) is 0 Å². The number of unbranched alkanes of at least 4 members (excludes halogenated alkanes) is 32. The lowest BCUT2D eigenvalue weighted by molar-refractivity contribution is -0.167. The van der Waals surface area contributed by atoms with E-state index in [1.807, 2.05) is 0 Å². The molecule has 0 aliphatic rings. The van der Waals surface area contributed by atoms with Gasteiger partial charge in [0.2, 0.25) is 0 Å². The lowest BCUT2D eigenvalue weighted by atomic mass is 10.0. The van der Waals surface area contributed by atoms with Crippen LogP contribution in [-0.4, -0.2) is 37.2 Å². The van der Waals surface area contributed by atoms with Crippen molar-refractivity contribution in [2.24, 2.45) is 0 Å². The molecule has 0 rings (SSSR count). The van der Waals surface area contributed by atoms with Crippen LogP contribution in [0, 0.1) is 0 Å². The van der Waals surface area contributed by atoms with E-state index in [0.717, 1.165) is 96.3 Å². The Morgan fingerprint density at radius 2 is 0.549 bits per heavy atom. The summed E-state index contributed by atoms with van der Waals surface area (Å²) in [6, 6.07) is 0. The van der Waals surface area contributed by atoms with Crippen LogP contribution >= 0.6 is 0 Å². The van der Waals surface area contributed by atoms with Crippen molar-refractivity contribution in [1.82, 2.24) is 0 Å². The van der Waals surface area contributed by atoms with Crippen LogP contribution in [0.4, 0.5) is 0 Å². The van der Waals surface area contributed by atoms with Crippen molar-refractivity contribution in [3.8, 4) is 0 Å². The number of ether oxygens (including phenoxy) is 3. The first kappa shape index (κ1) is 67.8. The summed E-state index contributed by atoms with van der Waals surface area (Å²) in [6.45, 7) is 6.49. The average molecular weight is 992 g/mol. The Balaban J connectivity index is 4.08. The van der Waals surface area contributed by atoms with Crippen LogP contribution in [0.25, 0.3) is 0 Å². The maximum absolute atomic E-state index is 12.8. The largest absolute Gasteiger partial charge is 0.462 e. The first-order chi connectivity index (χ1) is 35.0. The number of esters is 3. The van der Waals surface area contributed by atoms with Crippen molar-refractivity contribution in [2.45, 2.75) is 309 Å². The first-order valence-corrected chi connectivity index (χ1v) is 30.4. The van der Waals surface area contributed by atoms with Crippen LogP contribution in [0.15, 0.2) is 72.9 Å². The molecule has 71 heavy (non-hydrogen) atoms. The van der Waals surface area contributed by atoms with Gasteiger partial charge in [-0.05, 0) is 89.9 Å². The molecule has 0 saturated carbocycles. The molecular weight excluding hydrogens is 877 g/mol. The minimum absolute atomic E-state index is 0.0844. The summed E-state index contributed by atoms with van der Waals surface area (Å²) in [6.07, 6.45) is 76.5. The molecule has 0 fully saturated rings. The molecule has 0 aromatic rings. The minimum atomic E-state index is -0.787. The van der Waals surface area contributed by atoms with Crippen LogP contribution in [-0.2, 0) is 28.6 Å². The number of carbonyl (C=O) groups is 3. The highest BCUT2D eigenvalue weighted by atomic mass is 16.6. The molecule has 0 radical (unpaired) electrons. The van der Waals surface area contributed by atoms with Gasteiger partial charge in [-0.2, -0.15) is 0 Å². The SMILES string of the molecule is CC/C=C\C/C=C\C/C=C\CCCCCC(=O)OC(COC(=O)CCCCCCCCCCC)COC(=O)CCCCCCCCCCCCCCCCCC/C=C\C/C=C\C/C=C\CCCCCCC. The van der Waals surface area contributed by atoms with Gasteiger partial charge in [0.1, 0.15) is 13.2 Å². The van der Waals surface area contributed by atoms with Crippen molar-refractivity contribution < 1.29 is 28.6 Å². The third kappa shape index (κ3) is 57.6. The molecule has 0 aliphatic carbocycles. The summed E-state index contributed by atoms with van der Waals surface area (Å²) in [5.74, 6) is -0.908. The van der Waals surface area contributed by atoms with Gasteiger partial charge in [-0.25, -0.2) is 0 Å². The average Bonchev–Trinajstić information content (AvgIpc) is 3.37. The highest BCUT2D eigenvalue weighted by Gasteiger charge is 2.19. The monoisotopic (exact) mass is 991 g/mol. The van der Waals surface area contributed by atoms with Gasteiger partial charge in [-0.15, -0.1) is 0 Å². The highest BCUT2D eigenvalue weighted by Crippen LogP contribution is 2.16. The number of rotatable bonds is 55. The lowest BCUT2D eigenvalue weighted by Crippen LogP contribution is -2.30. The van der Waals surface area contributed by atoms with E-state index in [4.69, 9.17) is 14.2 Å². The molecule has 0 aromatic heterocycles. The third-order valence-corrected chi connectivity index (χ3v) is 13.2. The van der Waals surface area contributed by atoms with Gasteiger partial charge in [-0.1, -0.05) is 267 Å². The molecule has 6 nitrogen and oxygen atoms in total. The molecular formula is C65H114O6. The fourth-order valence-electron chi connectivity index (χ4n) is 8.64. The van der Waals surface area contributed by atoms with Gasteiger partial charge in [0, 0.05) is 19.3 Å². The van der Waals surface area contributed by atoms with E-state index in [1.165, 1.54) is 167 Å². The number of hydrogen-bond acceptors (Lipinski definition) is 6. The second kappa shape index (κ2) is 59.4. The normalized spacial score (nSPS) is 12.5. The lowest BCUT2D eigenvalue weighted by Gasteiger charge is -2.18. The van der Waals surface area contributed by atoms with Crippen LogP contribution in [0.5, 0.6) is 0 Å². The summed E-state index contributed by atoms with van der Waals surface area (Å²) >= 11 is 0. The maximum atomic E-state index is 12.8.